The summed E-state index contributed by atoms with van der Waals surface area (Å²) in [5.41, 5.74) is 25.8. The molecule has 0 bridgehead atoms. The van der Waals surface area contributed by atoms with E-state index in [-0.39, 0.29) is 44.8 Å². The molecule has 0 heterocycles. The zero-order chi connectivity index (χ0) is 27.0. The largest absolute Gasteiger partial charge is 1.00 e. The van der Waals surface area contributed by atoms with Gasteiger partial charge in [0.25, 0.3) is 0 Å². The van der Waals surface area contributed by atoms with Crippen molar-refractivity contribution in [1.82, 2.24) is 0 Å². The van der Waals surface area contributed by atoms with Gasteiger partial charge in [-0.25, -0.2) is 0 Å². The molecule has 0 saturated carbocycles. The van der Waals surface area contributed by atoms with Gasteiger partial charge in [0.2, 0.25) is 0 Å². The van der Waals surface area contributed by atoms with Crippen molar-refractivity contribution >= 4 is 47.7 Å². The molecule has 0 aliphatic heterocycles. The Morgan fingerprint density at radius 2 is 0.525 bits per heavy atom. The summed E-state index contributed by atoms with van der Waals surface area (Å²) in [5, 5.41) is 8.56. The molecular formula is C30H27Au2N6P2+3. The van der Waals surface area contributed by atoms with Crippen molar-refractivity contribution in [2.45, 2.75) is 0 Å². The Morgan fingerprint density at radius 1 is 0.375 bits per heavy atom. The fourth-order valence-corrected chi connectivity index (χ4v) is 9.33. The maximum Gasteiger partial charge on any atom is 1.00 e. The van der Waals surface area contributed by atoms with Crippen molar-refractivity contribution in [3.63, 3.8) is 0 Å². The molecule has 206 valence electrons. The van der Waals surface area contributed by atoms with Crippen LogP contribution >= 0.6 is 15.8 Å². The molecule has 6 nitrogen and oxygen atoms in total. The summed E-state index contributed by atoms with van der Waals surface area (Å²) in [6, 6.07) is 53.4. The quantitative estimate of drug-likeness (QED) is 0.0668. The van der Waals surface area contributed by atoms with Crippen LogP contribution in [0.15, 0.2) is 146 Å². The average molecular weight is 927 g/mol. The second-order valence-corrected chi connectivity index (χ2v) is 12.9. The standard InChI is InChI=1S/C30H24P2.2Au.HN3.N3/c1-5-13-25(14-6-1)31(26-15-7-2-8-16-26)29-21-23-30(24-22-29)32(27-17-9-3-10-18-27)28-19-11-4-12-20-28;;;2*1-3-2/h1-24H;;;1H;/q;2*+1;;-1/p+2. The first kappa shape index (κ1) is 35.1. The van der Waals surface area contributed by atoms with Gasteiger partial charge < -0.3 is 11.1 Å². The minimum absolute atomic E-state index is 0. The first-order chi connectivity index (χ1) is 18.7. The van der Waals surface area contributed by atoms with E-state index in [1.807, 2.05) is 0 Å². The van der Waals surface area contributed by atoms with Gasteiger partial charge in [0.15, 0.2) is 0 Å². The molecule has 5 aromatic rings. The molecule has 10 heteroatoms. The monoisotopic (exact) mass is 927 g/mol. The van der Waals surface area contributed by atoms with Crippen LogP contribution in [0.3, 0.4) is 0 Å². The molecular weight excluding hydrogens is 900 g/mol. The van der Waals surface area contributed by atoms with Crippen LogP contribution in [-0.4, -0.2) is 0 Å². The van der Waals surface area contributed by atoms with Gasteiger partial charge in [-0.2, -0.15) is 0 Å². The van der Waals surface area contributed by atoms with Crippen LogP contribution in [0, 0.1) is 5.53 Å². The Bertz CT molecular complexity index is 1260. The number of rotatable bonds is 6. The molecule has 0 amide bonds. The van der Waals surface area contributed by atoms with Gasteiger partial charge in [-0.05, 0) is 83.2 Å². The number of hydrogen-bond acceptors (Lipinski definition) is 1. The van der Waals surface area contributed by atoms with Crippen molar-refractivity contribution in [1.29, 1.82) is 5.53 Å². The van der Waals surface area contributed by atoms with Crippen LogP contribution in [0.25, 0.3) is 26.4 Å². The second-order valence-electron chi connectivity index (χ2n) is 7.98. The van der Waals surface area contributed by atoms with Gasteiger partial charge in [-0.15, -0.1) is 5.53 Å². The Labute approximate surface area is 268 Å². The third kappa shape index (κ3) is 10.2. The first-order valence-corrected chi connectivity index (χ1v) is 14.8. The third-order valence-electron chi connectivity index (χ3n) is 5.71. The predicted molar refractivity (Wildman–Crippen MR) is 166 cm³/mol. The SMILES string of the molecule is [Au+].[Au+].[N-]=[N+]=N.[N-]=[N+]=[N-].c1ccc([PH+](c2ccccc2)c2ccc([PH+](c3ccccc3)c3ccccc3)cc2)cc1. The predicted octanol–water partition coefficient (Wildman–Crippen LogP) is 6.40. The summed E-state index contributed by atoms with van der Waals surface area (Å²) < 4.78 is 0. The summed E-state index contributed by atoms with van der Waals surface area (Å²) in [5.74, 6) is 0. The van der Waals surface area contributed by atoms with Crippen LogP contribution in [0.5, 0.6) is 0 Å². The van der Waals surface area contributed by atoms with Gasteiger partial charge in [-0.3, -0.25) is 4.91 Å². The number of hydrogen-bond donors (Lipinski definition) is 1. The molecule has 0 unspecified atom stereocenters. The van der Waals surface area contributed by atoms with Crippen molar-refractivity contribution in [3.05, 3.63) is 172 Å². The maximum absolute atomic E-state index is 6.86. The fourth-order valence-electron chi connectivity index (χ4n) is 4.22. The summed E-state index contributed by atoms with van der Waals surface area (Å²) in [4.78, 5) is 3.25. The maximum atomic E-state index is 6.86. The minimum atomic E-state index is -1.04. The van der Waals surface area contributed by atoms with Crippen LogP contribution < -0.4 is 31.8 Å². The molecule has 0 aliphatic carbocycles. The third-order valence-corrected chi connectivity index (χ3v) is 11.2. The smallest absolute Gasteiger partial charge is 0.373 e. The van der Waals surface area contributed by atoms with E-state index >= 15 is 0 Å². The van der Waals surface area contributed by atoms with Gasteiger partial charge in [0.1, 0.15) is 31.8 Å². The van der Waals surface area contributed by atoms with Crippen LogP contribution in [-0.2, 0) is 44.8 Å². The van der Waals surface area contributed by atoms with Crippen molar-refractivity contribution in [2.24, 2.45) is 0 Å². The van der Waals surface area contributed by atoms with E-state index in [1.54, 1.807) is 4.91 Å². The Kier molecular flexibility index (Phi) is 17.6. The number of nitrogens with zero attached hydrogens (tertiary/aromatic N) is 5. The second kappa shape index (κ2) is 20.0. The Hall–Kier alpha value is -2.94. The molecule has 5 rings (SSSR count). The number of benzene rings is 5. The summed E-state index contributed by atoms with van der Waals surface area (Å²) in [6.45, 7) is 0. The zero-order valence-corrected chi connectivity index (χ0v) is 27.5. The topological polar surface area (TPSA) is 119 Å². The minimum Gasteiger partial charge on any atom is -0.373 e. The van der Waals surface area contributed by atoms with E-state index in [1.165, 1.54) is 36.7 Å². The Morgan fingerprint density at radius 3 is 0.700 bits per heavy atom. The molecule has 5 aromatic carbocycles. The summed E-state index contributed by atoms with van der Waals surface area (Å²) >= 11 is 0. The number of nitrogens with one attached hydrogen (secondary N) is 1. The van der Waals surface area contributed by atoms with E-state index in [4.69, 9.17) is 22.1 Å². The van der Waals surface area contributed by atoms with Crippen molar-refractivity contribution in [3.8, 4) is 0 Å². The van der Waals surface area contributed by atoms with E-state index < -0.39 is 15.8 Å². The summed E-state index contributed by atoms with van der Waals surface area (Å²) in [7, 11) is -2.07. The first-order valence-electron chi connectivity index (χ1n) is 11.8. The summed E-state index contributed by atoms with van der Waals surface area (Å²) in [6.07, 6.45) is 0. The molecule has 0 saturated heterocycles. The molecule has 0 atom stereocenters. The zero-order valence-electron chi connectivity index (χ0n) is 21.2. The van der Waals surface area contributed by atoms with E-state index in [0.717, 1.165) is 0 Å². The molecule has 0 aromatic heterocycles. The van der Waals surface area contributed by atoms with E-state index in [9.17, 15) is 0 Å². The fraction of sp³-hybridized carbons (Fsp3) is 0. The van der Waals surface area contributed by atoms with E-state index in [0.29, 0.717) is 0 Å². The molecule has 0 radical (unpaired) electrons. The van der Waals surface area contributed by atoms with E-state index in [2.05, 4.69) is 146 Å². The van der Waals surface area contributed by atoms with Crippen LogP contribution in [0.1, 0.15) is 0 Å². The van der Waals surface area contributed by atoms with Crippen LogP contribution in [0.2, 0.25) is 0 Å². The molecule has 0 spiro atoms. The van der Waals surface area contributed by atoms with Gasteiger partial charge in [0, 0.05) is 0 Å². The van der Waals surface area contributed by atoms with Crippen molar-refractivity contribution in [2.75, 3.05) is 0 Å². The van der Waals surface area contributed by atoms with Crippen LogP contribution in [0.4, 0.5) is 0 Å². The van der Waals surface area contributed by atoms with Gasteiger partial charge >= 0.3 is 44.8 Å². The van der Waals surface area contributed by atoms with Gasteiger partial charge in [0.05, 0.1) is 15.8 Å². The molecule has 0 fully saturated rings. The normalized spacial score (nSPS) is 9.25. The Balaban J connectivity index is 0.000000922. The molecule has 40 heavy (non-hydrogen) atoms. The molecule has 0 aliphatic rings. The van der Waals surface area contributed by atoms with Gasteiger partial charge in [-0.1, -0.05) is 72.8 Å². The van der Waals surface area contributed by atoms with Crippen molar-refractivity contribution < 1.29 is 44.8 Å². The average Bonchev–Trinajstić information content (AvgIpc) is 2.97. The molecule has 1 N–H and O–H groups in total.